The molecule has 0 rings (SSSR count). The van der Waals surface area contributed by atoms with E-state index in [4.69, 9.17) is 5.11 Å². The summed E-state index contributed by atoms with van der Waals surface area (Å²) in [5.74, 6) is -0.183. The first-order valence-electron chi connectivity index (χ1n) is 2.75. The zero-order valence-corrected chi connectivity index (χ0v) is 5.84. The summed E-state index contributed by atoms with van der Waals surface area (Å²) in [5.41, 5.74) is -0.0903. The molecule has 10 heavy (non-hydrogen) atoms. The zero-order chi connectivity index (χ0) is 8.15. The molecule has 0 fully saturated rings. The van der Waals surface area contributed by atoms with E-state index in [2.05, 4.69) is 5.32 Å². The Bertz CT molecular complexity index is 187. The van der Waals surface area contributed by atoms with Gasteiger partial charge in [-0.15, -0.1) is 0 Å². The maximum absolute atomic E-state index is 10.3. The van der Waals surface area contributed by atoms with E-state index in [0.29, 0.717) is 0 Å². The summed E-state index contributed by atoms with van der Waals surface area (Å²) in [6.45, 7) is 1.26. The third-order valence-electron chi connectivity index (χ3n) is 0.830. The Morgan fingerprint density at radius 1 is 1.60 bits per heavy atom. The standard InChI is InChI=1S/C5H8BNO3/c1-3(8)7-4(2-6)5(9)10/h2H,6H2,1H3,(H,7,8)(H,9,10)/b4-2+. The Hall–Kier alpha value is -1.26. The van der Waals surface area contributed by atoms with Gasteiger partial charge in [-0.1, -0.05) is 5.98 Å². The maximum atomic E-state index is 10.3. The number of carbonyl (C=O) groups is 2. The number of carbonyl (C=O) groups excluding carboxylic acids is 1. The van der Waals surface area contributed by atoms with Crippen molar-refractivity contribution in [3.63, 3.8) is 0 Å². The molecule has 0 aromatic rings. The van der Waals surface area contributed by atoms with Crippen LogP contribution in [-0.4, -0.2) is 24.8 Å². The van der Waals surface area contributed by atoms with Gasteiger partial charge in [-0.25, -0.2) is 4.79 Å². The smallest absolute Gasteiger partial charge is 0.351 e. The van der Waals surface area contributed by atoms with Gasteiger partial charge in [0.2, 0.25) is 5.91 Å². The molecule has 0 atom stereocenters. The fraction of sp³-hybridized carbons (Fsp3) is 0.200. The van der Waals surface area contributed by atoms with Crippen molar-refractivity contribution in [2.24, 2.45) is 0 Å². The fourth-order valence-corrected chi connectivity index (χ4v) is 0.439. The lowest BCUT2D eigenvalue weighted by atomic mass is 10.1. The molecular formula is C5H8BNO3. The van der Waals surface area contributed by atoms with Gasteiger partial charge in [-0.3, -0.25) is 4.79 Å². The van der Waals surface area contributed by atoms with Gasteiger partial charge in [0.15, 0.2) is 0 Å². The molecule has 0 aromatic carbocycles. The van der Waals surface area contributed by atoms with Gasteiger partial charge in [0.25, 0.3) is 0 Å². The number of hydrogen-bond donors (Lipinski definition) is 2. The third-order valence-corrected chi connectivity index (χ3v) is 0.830. The minimum atomic E-state index is -1.13. The Kier molecular flexibility index (Phi) is 3.24. The van der Waals surface area contributed by atoms with Gasteiger partial charge in [0.1, 0.15) is 13.5 Å². The van der Waals surface area contributed by atoms with Gasteiger partial charge < -0.3 is 10.4 Å². The molecule has 0 heterocycles. The lowest BCUT2D eigenvalue weighted by Crippen LogP contribution is -2.24. The maximum Gasteiger partial charge on any atom is 0.351 e. The van der Waals surface area contributed by atoms with E-state index in [9.17, 15) is 9.59 Å². The summed E-state index contributed by atoms with van der Waals surface area (Å²) in [4.78, 5) is 20.5. The Morgan fingerprint density at radius 2 is 2.10 bits per heavy atom. The number of amides is 1. The minimum Gasteiger partial charge on any atom is -0.477 e. The van der Waals surface area contributed by atoms with E-state index in [1.807, 2.05) is 0 Å². The second-order valence-electron chi connectivity index (χ2n) is 1.69. The van der Waals surface area contributed by atoms with Crippen molar-refractivity contribution in [3.05, 3.63) is 11.7 Å². The van der Waals surface area contributed by atoms with Crippen molar-refractivity contribution < 1.29 is 14.7 Å². The summed E-state index contributed by atoms with van der Waals surface area (Å²) in [6.07, 6.45) is 0. The highest BCUT2D eigenvalue weighted by molar-refractivity contribution is 6.20. The first-order valence-corrected chi connectivity index (χ1v) is 2.75. The molecule has 0 bridgehead atoms. The molecule has 0 aliphatic carbocycles. The topological polar surface area (TPSA) is 66.4 Å². The second kappa shape index (κ2) is 3.71. The van der Waals surface area contributed by atoms with Crippen LogP contribution in [0.15, 0.2) is 11.7 Å². The third kappa shape index (κ3) is 2.91. The number of hydrogen-bond acceptors (Lipinski definition) is 2. The van der Waals surface area contributed by atoms with Crippen LogP contribution in [0.3, 0.4) is 0 Å². The van der Waals surface area contributed by atoms with Gasteiger partial charge in [-0.05, 0) is 0 Å². The fourth-order valence-electron chi connectivity index (χ4n) is 0.439. The molecule has 0 saturated carbocycles. The van der Waals surface area contributed by atoms with E-state index < -0.39 is 5.97 Å². The Balaban J connectivity index is 4.12. The SMILES string of the molecule is B/C=C(/NC(C)=O)C(=O)O. The molecule has 0 saturated heterocycles. The lowest BCUT2D eigenvalue weighted by Gasteiger charge is -1.99. The molecule has 0 radical (unpaired) electrons. The predicted octanol–water partition coefficient (Wildman–Crippen LogP) is -1.32. The lowest BCUT2D eigenvalue weighted by molar-refractivity contribution is -0.134. The van der Waals surface area contributed by atoms with Gasteiger partial charge >= 0.3 is 5.97 Å². The molecule has 54 valence electrons. The van der Waals surface area contributed by atoms with Crippen LogP contribution in [0.1, 0.15) is 6.92 Å². The summed E-state index contributed by atoms with van der Waals surface area (Å²) >= 11 is 0. The summed E-state index contributed by atoms with van der Waals surface area (Å²) in [5, 5.41) is 10.5. The molecule has 2 N–H and O–H groups in total. The molecular weight excluding hydrogens is 133 g/mol. The van der Waals surface area contributed by atoms with Crippen molar-refractivity contribution in [2.45, 2.75) is 6.92 Å². The highest BCUT2D eigenvalue weighted by Gasteiger charge is 2.04. The summed E-state index contributed by atoms with van der Waals surface area (Å²) < 4.78 is 0. The largest absolute Gasteiger partial charge is 0.477 e. The normalized spacial score (nSPS) is 10.7. The molecule has 5 heteroatoms. The van der Waals surface area contributed by atoms with Crippen LogP contribution in [0.4, 0.5) is 0 Å². The van der Waals surface area contributed by atoms with E-state index in [-0.39, 0.29) is 11.6 Å². The molecule has 0 unspecified atom stereocenters. The monoisotopic (exact) mass is 141 g/mol. The Morgan fingerprint density at radius 3 is 2.20 bits per heavy atom. The molecule has 4 nitrogen and oxygen atoms in total. The number of carboxylic acids is 1. The molecule has 0 aromatic heterocycles. The van der Waals surface area contributed by atoms with Crippen molar-refractivity contribution >= 4 is 19.7 Å². The highest BCUT2D eigenvalue weighted by atomic mass is 16.4. The summed E-state index contributed by atoms with van der Waals surface area (Å²) in [7, 11) is 1.54. The van der Waals surface area contributed by atoms with Crippen LogP contribution in [0, 0.1) is 0 Å². The molecule has 1 amide bonds. The van der Waals surface area contributed by atoms with E-state index >= 15 is 0 Å². The number of rotatable bonds is 2. The number of carboxylic acid groups (broad SMARTS) is 1. The zero-order valence-electron chi connectivity index (χ0n) is 5.84. The van der Waals surface area contributed by atoms with E-state index in [1.165, 1.54) is 12.9 Å². The number of nitrogens with one attached hydrogen (secondary N) is 1. The second-order valence-corrected chi connectivity index (χ2v) is 1.69. The van der Waals surface area contributed by atoms with Crippen LogP contribution < -0.4 is 5.32 Å². The van der Waals surface area contributed by atoms with Crippen molar-refractivity contribution in [1.82, 2.24) is 5.32 Å². The quantitative estimate of drug-likeness (QED) is 0.370. The highest BCUT2D eigenvalue weighted by Crippen LogP contribution is 1.85. The van der Waals surface area contributed by atoms with Gasteiger partial charge in [-0.2, -0.15) is 0 Å². The van der Waals surface area contributed by atoms with Crippen LogP contribution in [0.2, 0.25) is 0 Å². The van der Waals surface area contributed by atoms with E-state index in [0.717, 1.165) is 0 Å². The van der Waals surface area contributed by atoms with Crippen molar-refractivity contribution in [3.8, 4) is 0 Å². The molecule has 0 spiro atoms. The average molecular weight is 141 g/mol. The Labute approximate surface area is 59.3 Å². The number of aliphatic carboxylic acids is 1. The van der Waals surface area contributed by atoms with Gasteiger partial charge in [0.05, 0.1) is 0 Å². The molecule has 0 aliphatic rings. The van der Waals surface area contributed by atoms with E-state index in [1.54, 1.807) is 7.85 Å². The van der Waals surface area contributed by atoms with Gasteiger partial charge in [0, 0.05) is 6.92 Å². The van der Waals surface area contributed by atoms with Crippen molar-refractivity contribution in [2.75, 3.05) is 0 Å². The average Bonchev–Trinajstić information content (AvgIpc) is 1.81. The van der Waals surface area contributed by atoms with Crippen LogP contribution in [0.25, 0.3) is 0 Å². The van der Waals surface area contributed by atoms with Crippen LogP contribution in [0.5, 0.6) is 0 Å². The first kappa shape index (κ1) is 8.74. The summed E-state index contributed by atoms with van der Waals surface area (Å²) in [6, 6.07) is 0. The first-order chi connectivity index (χ1) is 4.57. The van der Waals surface area contributed by atoms with Crippen molar-refractivity contribution in [1.29, 1.82) is 0 Å². The van der Waals surface area contributed by atoms with Crippen LogP contribution >= 0.6 is 0 Å². The predicted molar refractivity (Wildman–Crippen MR) is 38.1 cm³/mol. The van der Waals surface area contributed by atoms with Crippen LogP contribution in [-0.2, 0) is 9.59 Å². The minimum absolute atomic E-state index is 0.0903. The molecule has 0 aliphatic heterocycles.